The zero-order chi connectivity index (χ0) is 24.0. The second kappa shape index (κ2) is 8.19. The Morgan fingerprint density at radius 3 is 2.24 bits per heavy atom. The molecule has 0 saturated carbocycles. The summed E-state index contributed by atoms with van der Waals surface area (Å²) < 4.78 is 41.2. The quantitative estimate of drug-likeness (QED) is 0.236. The maximum atomic E-state index is 14.0. The molecule has 168 valence electrons. The minimum Gasteiger partial charge on any atom is -0.507 e. The molecule has 5 rings (SSSR count). The number of halogens is 3. The number of hydrogen-bond donors (Lipinski definition) is 1. The minimum absolute atomic E-state index is 0.0766. The van der Waals surface area contributed by atoms with Gasteiger partial charge in [-0.2, -0.15) is 0 Å². The standard InChI is InChI=1S/C27H16F3NO3/c28-17-10-8-16(9-11-17)24-23(25(32)20-7-3-5-15-4-1-2-6-19(15)20)26(33)27(34)31(24)18-12-13-21(29)22(30)14-18/h1-14,24,32H/b25-23-. The van der Waals surface area contributed by atoms with E-state index in [-0.39, 0.29) is 11.3 Å². The van der Waals surface area contributed by atoms with Crippen LogP contribution in [0.2, 0.25) is 0 Å². The molecule has 4 aromatic carbocycles. The van der Waals surface area contributed by atoms with Crippen LogP contribution in [0.1, 0.15) is 17.2 Å². The lowest BCUT2D eigenvalue weighted by atomic mass is 9.93. The van der Waals surface area contributed by atoms with Crippen LogP contribution in [-0.4, -0.2) is 16.8 Å². The van der Waals surface area contributed by atoms with Gasteiger partial charge in [0, 0.05) is 17.3 Å². The number of nitrogens with zero attached hydrogens (tertiary/aromatic N) is 1. The zero-order valence-corrected chi connectivity index (χ0v) is 17.5. The van der Waals surface area contributed by atoms with E-state index in [2.05, 4.69) is 0 Å². The summed E-state index contributed by atoms with van der Waals surface area (Å²) in [4.78, 5) is 27.3. The Morgan fingerprint density at radius 2 is 1.50 bits per heavy atom. The molecule has 1 unspecified atom stereocenters. The van der Waals surface area contributed by atoms with Gasteiger partial charge in [0.2, 0.25) is 0 Å². The molecule has 0 aromatic heterocycles. The summed E-state index contributed by atoms with van der Waals surface area (Å²) in [5.41, 5.74) is 0.325. The molecule has 0 spiro atoms. The van der Waals surface area contributed by atoms with E-state index in [9.17, 15) is 27.9 Å². The number of benzene rings is 4. The lowest BCUT2D eigenvalue weighted by Gasteiger charge is -2.25. The van der Waals surface area contributed by atoms with Gasteiger partial charge in [-0.1, -0.05) is 54.6 Å². The van der Waals surface area contributed by atoms with E-state index in [1.165, 1.54) is 12.1 Å². The molecule has 1 aliphatic rings. The molecule has 1 amide bonds. The Balaban J connectivity index is 1.78. The number of ketones is 1. The fraction of sp³-hybridized carbons (Fsp3) is 0.0370. The molecule has 34 heavy (non-hydrogen) atoms. The van der Waals surface area contributed by atoms with Gasteiger partial charge in [-0.15, -0.1) is 0 Å². The number of Topliss-reactive ketones (excluding diaryl/α,β-unsaturated/α-hetero) is 1. The second-order valence-electron chi connectivity index (χ2n) is 7.85. The molecule has 1 saturated heterocycles. The van der Waals surface area contributed by atoms with Crippen molar-refractivity contribution in [3.8, 4) is 0 Å². The highest BCUT2D eigenvalue weighted by molar-refractivity contribution is 6.51. The first-order valence-corrected chi connectivity index (χ1v) is 10.4. The molecule has 0 radical (unpaired) electrons. The largest absolute Gasteiger partial charge is 0.507 e. The number of aliphatic hydroxyl groups is 1. The number of aliphatic hydroxyl groups excluding tert-OH is 1. The molecule has 7 heteroatoms. The average Bonchev–Trinajstić information content (AvgIpc) is 3.11. The van der Waals surface area contributed by atoms with E-state index >= 15 is 0 Å². The van der Waals surface area contributed by atoms with Gasteiger partial charge in [0.1, 0.15) is 11.6 Å². The van der Waals surface area contributed by atoms with E-state index in [0.717, 1.165) is 40.6 Å². The van der Waals surface area contributed by atoms with Crippen LogP contribution in [0, 0.1) is 17.5 Å². The van der Waals surface area contributed by atoms with Crippen molar-refractivity contribution in [2.75, 3.05) is 4.90 Å². The van der Waals surface area contributed by atoms with Crippen LogP contribution >= 0.6 is 0 Å². The summed E-state index contributed by atoms with van der Waals surface area (Å²) in [6.07, 6.45) is 0. The van der Waals surface area contributed by atoms with Gasteiger partial charge in [-0.25, -0.2) is 13.2 Å². The number of rotatable bonds is 3. The Kier molecular flexibility index (Phi) is 5.17. The Labute approximate surface area is 192 Å². The summed E-state index contributed by atoms with van der Waals surface area (Å²) in [5.74, 6) is -5.30. The fourth-order valence-corrected chi connectivity index (χ4v) is 4.27. The zero-order valence-electron chi connectivity index (χ0n) is 17.5. The predicted molar refractivity (Wildman–Crippen MR) is 121 cm³/mol. The third-order valence-corrected chi connectivity index (χ3v) is 5.86. The van der Waals surface area contributed by atoms with Crippen molar-refractivity contribution in [2.24, 2.45) is 0 Å². The summed E-state index contributed by atoms with van der Waals surface area (Å²) in [7, 11) is 0. The summed E-state index contributed by atoms with van der Waals surface area (Å²) in [5, 5.41) is 12.8. The van der Waals surface area contributed by atoms with Gasteiger partial charge in [0.05, 0.1) is 11.6 Å². The van der Waals surface area contributed by atoms with Crippen LogP contribution in [0.3, 0.4) is 0 Å². The van der Waals surface area contributed by atoms with Crippen LogP contribution in [0.5, 0.6) is 0 Å². The minimum atomic E-state index is -1.20. The molecule has 1 heterocycles. The highest BCUT2D eigenvalue weighted by Crippen LogP contribution is 2.43. The van der Waals surface area contributed by atoms with E-state index < -0.39 is 40.9 Å². The van der Waals surface area contributed by atoms with Crippen molar-refractivity contribution in [1.29, 1.82) is 0 Å². The SMILES string of the molecule is O=C1C(=O)N(c2ccc(F)c(F)c2)C(c2ccc(F)cc2)/C1=C(/O)c1cccc2ccccc12. The highest BCUT2D eigenvalue weighted by atomic mass is 19.2. The third-order valence-electron chi connectivity index (χ3n) is 5.86. The molecule has 0 bridgehead atoms. The van der Waals surface area contributed by atoms with Crippen LogP contribution in [0.15, 0.2) is 90.5 Å². The monoisotopic (exact) mass is 459 g/mol. The van der Waals surface area contributed by atoms with Gasteiger partial charge >= 0.3 is 0 Å². The lowest BCUT2D eigenvalue weighted by Crippen LogP contribution is -2.29. The van der Waals surface area contributed by atoms with Crippen molar-refractivity contribution >= 4 is 33.9 Å². The lowest BCUT2D eigenvalue weighted by molar-refractivity contribution is -0.132. The Morgan fingerprint density at radius 1 is 0.794 bits per heavy atom. The Bertz CT molecular complexity index is 1490. The molecule has 1 aliphatic heterocycles. The molecule has 1 N–H and O–H groups in total. The van der Waals surface area contributed by atoms with Crippen molar-refractivity contribution in [1.82, 2.24) is 0 Å². The van der Waals surface area contributed by atoms with Crippen LogP contribution in [0.25, 0.3) is 16.5 Å². The number of amides is 1. The summed E-state index contributed by atoms with van der Waals surface area (Å²) >= 11 is 0. The normalized spacial score (nSPS) is 17.5. The van der Waals surface area contributed by atoms with Gasteiger partial charge in [0.15, 0.2) is 11.6 Å². The number of carbonyl (C=O) groups excluding carboxylic acids is 2. The first-order chi connectivity index (χ1) is 16.4. The van der Waals surface area contributed by atoms with Gasteiger partial charge in [0.25, 0.3) is 11.7 Å². The highest BCUT2D eigenvalue weighted by Gasteiger charge is 2.47. The van der Waals surface area contributed by atoms with Gasteiger partial charge in [-0.3, -0.25) is 14.5 Å². The van der Waals surface area contributed by atoms with Crippen molar-refractivity contribution in [2.45, 2.75) is 6.04 Å². The van der Waals surface area contributed by atoms with E-state index in [1.54, 1.807) is 24.3 Å². The topological polar surface area (TPSA) is 57.6 Å². The van der Waals surface area contributed by atoms with Crippen LogP contribution in [0.4, 0.5) is 18.9 Å². The molecule has 4 nitrogen and oxygen atoms in total. The van der Waals surface area contributed by atoms with Crippen molar-refractivity contribution < 1.29 is 27.9 Å². The molecule has 1 fully saturated rings. The number of hydrogen-bond acceptors (Lipinski definition) is 3. The van der Waals surface area contributed by atoms with E-state index in [1.807, 2.05) is 18.2 Å². The fourth-order valence-electron chi connectivity index (χ4n) is 4.27. The van der Waals surface area contributed by atoms with E-state index in [4.69, 9.17) is 0 Å². The second-order valence-corrected chi connectivity index (χ2v) is 7.85. The first kappa shape index (κ1) is 21.5. The first-order valence-electron chi connectivity index (χ1n) is 10.4. The van der Waals surface area contributed by atoms with Crippen LogP contribution in [-0.2, 0) is 9.59 Å². The summed E-state index contributed by atoms with van der Waals surface area (Å²) in [6, 6.07) is 19.0. The maximum absolute atomic E-state index is 14.0. The molecular weight excluding hydrogens is 443 g/mol. The smallest absolute Gasteiger partial charge is 0.300 e. The predicted octanol–water partition coefficient (Wildman–Crippen LogP) is 5.88. The molecule has 1 atom stereocenters. The Hall–Kier alpha value is -4.39. The number of carbonyl (C=O) groups is 2. The molecule has 0 aliphatic carbocycles. The summed E-state index contributed by atoms with van der Waals surface area (Å²) in [6.45, 7) is 0. The van der Waals surface area contributed by atoms with Crippen LogP contribution < -0.4 is 4.90 Å². The third kappa shape index (κ3) is 3.42. The van der Waals surface area contributed by atoms with Gasteiger partial charge in [-0.05, 0) is 40.6 Å². The van der Waals surface area contributed by atoms with Crippen molar-refractivity contribution in [3.63, 3.8) is 0 Å². The molecular formula is C27H16F3NO3. The number of fused-ring (bicyclic) bond motifs is 1. The molecule has 4 aromatic rings. The average molecular weight is 459 g/mol. The van der Waals surface area contributed by atoms with Gasteiger partial charge < -0.3 is 5.11 Å². The number of anilines is 1. The van der Waals surface area contributed by atoms with E-state index in [0.29, 0.717) is 16.5 Å². The van der Waals surface area contributed by atoms with Crippen molar-refractivity contribution in [3.05, 3.63) is 119 Å². The maximum Gasteiger partial charge on any atom is 0.300 e.